The first-order valence-corrected chi connectivity index (χ1v) is 14.9. The lowest BCUT2D eigenvalue weighted by atomic mass is 10.1. The normalized spacial score (nSPS) is 15.0. The van der Waals surface area contributed by atoms with E-state index in [0.717, 1.165) is 39.8 Å². The molecular formula is C24H28Cl2IN3O4S. The molecule has 0 bridgehead atoms. The molecule has 0 saturated heterocycles. The van der Waals surface area contributed by atoms with Gasteiger partial charge in [-0.25, -0.2) is 8.42 Å². The summed E-state index contributed by atoms with van der Waals surface area (Å²) in [6, 6.07) is 11.0. The van der Waals surface area contributed by atoms with E-state index < -0.39 is 28.5 Å². The Labute approximate surface area is 230 Å². The van der Waals surface area contributed by atoms with Crippen LogP contribution in [0.3, 0.4) is 0 Å². The monoisotopic (exact) mass is 651 g/mol. The van der Waals surface area contributed by atoms with Gasteiger partial charge in [0.1, 0.15) is 12.6 Å². The molecule has 35 heavy (non-hydrogen) atoms. The molecule has 2 aromatic carbocycles. The molecular weight excluding hydrogens is 624 g/mol. The number of benzene rings is 2. The molecule has 11 heteroatoms. The van der Waals surface area contributed by atoms with Gasteiger partial charge in [-0.1, -0.05) is 42.1 Å². The molecule has 0 radical (unpaired) electrons. The minimum Gasteiger partial charge on any atom is -0.352 e. The quantitative estimate of drug-likeness (QED) is 0.393. The highest BCUT2D eigenvalue weighted by Gasteiger charge is 2.32. The second-order valence-corrected chi connectivity index (χ2v) is 12.6. The van der Waals surface area contributed by atoms with Gasteiger partial charge in [-0.05, 0) is 78.8 Å². The van der Waals surface area contributed by atoms with Crippen LogP contribution in [0.5, 0.6) is 0 Å². The molecule has 0 aromatic heterocycles. The summed E-state index contributed by atoms with van der Waals surface area (Å²) in [6.45, 7) is 1.12. The topological polar surface area (TPSA) is 86.8 Å². The minimum absolute atomic E-state index is 0.0408. The van der Waals surface area contributed by atoms with Crippen LogP contribution in [0.2, 0.25) is 10.0 Å². The third-order valence-corrected chi connectivity index (χ3v) is 8.62. The van der Waals surface area contributed by atoms with Crippen LogP contribution in [-0.4, -0.2) is 50.0 Å². The van der Waals surface area contributed by atoms with Crippen LogP contribution in [0.4, 0.5) is 5.69 Å². The number of rotatable bonds is 9. The highest BCUT2D eigenvalue weighted by atomic mass is 127. The fourth-order valence-electron chi connectivity index (χ4n) is 4.05. The first-order chi connectivity index (χ1) is 16.5. The smallest absolute Gasteiger partial charge is 0.244 e. The first-order valence-electron chi connectivity index (χ1n) is 11.2. The molecule has 0 aliphatic heterocycles. The molecule has 0 heterocycles. The average molecular weight is 652 g/mol. The standard InChI is InChI=1S/C24H28Cl2IN3O4S/c1-16(24(32)28-18-6-3-4-7-18)29(14-20-21(25)8-5-9-22(20)26)23(31)15-30(35(2,33)34)19-12-10-17(27)11-13-19/h5,8-13,16,18H,3-4,6-7,14-15H2,1-2H3,(H,28,32)/t16-/m0/s1. The largest absolute Gasteiger partial charge is 0.352 e. The molecule has 0 spiro atoms. The predicted molar refractivity (Wildman–Crippen MR) is 148 cm³/mol. The van der Waals surface area contributed by atoms with Gasteiger partial charge in [-0.3, -0.25) is 13.9 Å². The number of nitrogens with one attached hydrogen (secondary N) is 1. The number of carbonyl (C=O) groups excluding carboxylic acids is 2. The summed E-state index contributed by atoms with van der Waals surface area (Å²) >= 11 is 14.8. The fraction of sp³-hybridized carbons (Fsp3) is 0.417. The average Bonchev–Trinajstić information content (AvgIpc) is 3.30. The summed E-state index contributed by atoms with van der Waals surface area (Å²) in [5.41, 5.74) is 0.852. The Morgan fingerprint density at radius 1 is 1.09 bits per heavy atom. The Hall–Kier alpha value is -1.56. The maximum Gasteiger partial charge on any atom is 0.244 e. The van der Waals surface area contributed by atoms with Gasteiger partial charge in [0.05, 0.1) is 11.9 Å². The molecule has 0 unspecified atom stereocenters. The third-order valence-electron chi connectivity index (χ3n) is 6.05. The van der Waals surface area contributed by atoms with Crippen molar-refractivity contribution in [2.24, 2.45) is 0 Å². The highest BCUT2D eigenvalue weighted by Crippen LogP contribution is 2.27. The van der Waals surface area contributed by atoms with E-state index in [1.165, 1.54) is 4.90 Å². The van der Waals surface area contributed by atoms with Crippen LogP contribution in [0.25, 0.3) is 0 Å². The van der Waals surface area contributed by atoms with E-state index in [0.29, 0.717) is 21.3 Å². The van der Waals surface area contributed by atoms with Crippen LogP contribution in [0, 0.1) is 3.57 Å². The predicted octanol–water partition coefficient (Wildman–Crippen LogP) is 4.84. The third kappa shape index (κ3) is 7.47. The lowest BCUT2D eigenvalue weighted by Crippen LogP contribution is -2.52. The Balaban J connectivity index is 1.91. The van der Waals surface area contributed by atoms with Crippen molar-refractivity contribution < 1.29 is 18.0 Å². The molecule has 190 valence electrons. The molecule has 1 aliphatic carbocycles. The second-order valence-electron chi connectivity index (χ2n) is 8.63. The van der Waals surface area contributed by atoms with E-state index in [4.69, 9.17) is 23.2 Å². The zero-order valence-electron chi connectivity index (χ0n) is 19.5. The van der Waals surface area contributed by atoms with Crippen molar-refractivity contribution in [1.29, 1.82) is 0 Å². The molecule has 1 saturated carbocycles. The van der Waals surface area contributed by atoms with Gasteiger partial charge in [-0.2, -0.15) is 0 Å². The van der Waals surface area contributed by atoms with Gasteiger partial charge in [0, 0.05) is 31.8 Å². The lowest BCUT2D eigenvalue weighted by Gasteiger charge is -2.32. The van der Waals surface area contributed by atoms with Crippen molar-refractivity contribution in [2.45, 2.75) is 51.2 Å². The summed E-state index contributed by atoms with van der Waals surface area (Å²) in [4.78, 5) is 28.0. The number of amides is 2. The molecule has 2 aromatic rings. The number of halogens is 3. The summed E-state index contributed by atoms with van der Waals surface area (Å²) in [6.07, 6.45) is 4.95. The molecule has 2 amide bonds. The lowest BCUT2D eigenvalue weighted by molar-refractivity contribution is -0.139. The number of carbonyl (C=O) groups is 2. The van der Waals surface area contributed by atoms with E-state index >= 15 is 0 Å². The van der Waals surface area contributed by atoms with Gasteiger partial charge in [-0.15, -0.1) is 0 Å². The van der Waals surface area contributed by atoms with Crippen LogP contribution < -0.4 is 9.62 Å². The van der Waals surface area contributed by atoms with Crippen LogP contribution in [0.15, 0.2) is 42.5 Å². The maximum absolute atomic E-state index is 13.6. The Morgan fingerprint density at radius 3 is 2.20 bits per heavy atom. The van der Waals surface area contributed by atoms with Crippen molar-refractivity contribution in [3.05, 3.63) is 61.6 Å². The highest BCUT2D eigenvalue weighted by molar-refractivity contribution is 14.1. The molecule has 1 aliphatic rings. The molecule has 3 rings (SSSR count). The molecule has 1 atom stereocenters. The Morgan fingerprint density at radius 2 is 1.66 bits per heavy atom. The van der Waals surface area contributed by atoms with E-state index in [1.807, 2.05) is 0 Å². The van der Waals surface area contributed by atoms with Gasteiger partial charge < -0.3 is 10.2 Å². The van der Waals surface area contributed by atoms with Gasteiger partial charge in [0.2, 0.25) is 21.8 Å². The van der Waals surface area contributed by atoms with Crippen LogP contribution in [0.1, 0.15) is 38.2 Å². The second kappa shape index (κ2) is 12.1. The number of nitrogens with zero attached hydrogens (tertiary/aromatic N) is 2. The summed E-state index contributed by atoms with van der Waals surface area (Å²) in [5.74, 6) is -0.840. The molecule has 1 N–H and O–H groups in total. The van der Waals surface area contributed by atoms with E-state index in [9.17, 15) is 18.0 Å². The fourth-order valence-corrected chi connectivity index (χ4v) is 5.78. The summed E-state index contributed by atoms with van der Waals surface area (Å²) in [5, 5.41) is 3.73. The zero-order valence-corrected chi connectivity index (χ0v) is 24.0. The number of anilines is 1. The van der Waals surface area contributed by atoms with E-state index in [-0.39, 0.29) is 18.5 Å². The van der Waals surface area contributed by atoms with Crippen molar-refractivity contribution in [2.75, 3.05) is 17.1 Å². The number of sulfonamides is 1. The zero-order chi connectivity index (χ0) is 25.8. The van der Waals surface area contributed by atoms with E-state index in [1.54, 1.807) is 49.4 Å². The van der Waals surface area contributed by atoms with Crippen molar-refractivity contribution in [3.63, 3.8) is 0 Å². The van der Waals surface area contributed by atoms with Crippen molar-refractivity contribution in [3.8, 4) is 0 Å². The SMILES string of the molecule is C[C@@H](C(=O)NC1CCCC1)N(Cc1c(Cl)cccc1Cl)C(=O)CN(c1ccc(I)cc1)S(C)(=O)=O. The minimum atomic E-state index is -3.78. The van der Waals surface area contributed by atoms with Gasteiger partial charge in [0.25, 0.3) is 0 Å². The number of hydrogen-bond donors (Lipinski definition) is 1. The van der Waals surface area contributed by atoms with Crippen molar-refractivity contribution in [1.82, 2.24) is 10.2 Å². The maximum atomic E-state index is 13.6. The molecule has 1 fully saturated rings. The molecule has 7 nitrogen and oxygen atoms in total. The number of hydrogen-bond acceptors (Lipinski definition) is 4. The van der Waals surface area contributed by atoms with Gasteiger partial charge in [0.15, 0.2) is 0 Å². The van der Waals surface area contributed by atoms with Gasteiger partial charge >= 0.3 is 0 Å². The van der Waals surface area contributed by atoms with Crippen LogP contribution in [-0.2, 0) is 26.2 Å². The van der Waals surface area contributed by atoms with Crippen molar-refractivity contribution >= 4 is 73.3 Å². The Bertz CT molecular complexity index is 1150. The van der Waals surface area contributed by atoms with E-state index in [2.05, 4.69) is 27.9 Å². The first kappa shape index (κ1) is 28.0. The van der Waals surface area contributed by atoms with Crippen LogP contribution >= 0.6 is 45.8 Å². The summed E-state index contributed by atoms with van der Waals surface area (Å²) in [7, 11) is -3.78. The Kier molecular flexibility index (Phi) is 9.70. The summed E-state index contributed by atoms with van der Waals surface area (Å²) < 4.78 is 27.2.